The molecule has 1 aromatic carbocycles. The van der Waals surface area contributed by atoms with E-state index in [2.05, 4.69) is 0 Å². The van der Waals surface area contributed by atoms with Gasteiger partial charge in [-0.15, -0.1) is 6.42 Å². The zero-order valence-electron chi connectivity index (χ0n) is 7.31. The molecule has 0 unspecified atom stereocenters. The second kappa shape index (κ2) is 4.96. The fourth-order valence-corrected chi connectivity index (χ4v) is 1.25. The zero-order valence-corrected chi connectivity index (χ0v) is 12.2. The Morgan fingerprint density at radius 1 is 1.31 bits per heavy atom. The van der Waals surface area contributed by atoms with Gasteiger partial charge in [-0.1, -0.05) is 6.07 Å². The van der Waals surface area contributed by atoms with Crippen molar-refractivity contribution in [3.05, 3.63) is 35.9 Å². The molecular formula is C9H7F2ORb. The number of aryl methyl sites for hydroxylation is 1. The summed E-state index contributed by atoms with van der Waals surface area (Å²) in [5.74, 6) is -1.70. The monoisotopic (exact) mass is 254 g/mol. The van der Waals surface area contributed by atoms with Gasteiger partial charge < -0.3 is 4.74 Å². The molecule has 0 fully saturated rings. The van der Waals surface area contributed by atoms with Crippen molar-refractivity contribution >= 4 is 0 Å². The predicted molar refractivity (Wildman–Crippen MR) is 39.6 cm³/mol. The van der Waals surface area contributed by atoms with Crippen LogP contribution in [0.15, 0.2) is 12.1 Å². The van der Waals surface area contributed by atoms with E-state index in [1.54, 1.807) is 6.07 Å². The molecule has 64 valence electrons. The van der Waals surface area contributed by atoms with Crippen molar-refractivity contribution in [2.45, 2.75) is 12.8 Å². The zero-order chi connectivity index (χ0) is 8.55. The van der Waals surface area contributed by atoms with E-state index in [-0.39, 0.29) is 63.9 Å². The van der Waals surface area contributed by atoms with Gasteiger partial charge in [0.2, 0.25) is 0 Å². The van der Waals surface area contributed by atoms with E-state index in [0.29, 0.717) is 6.42 Å². The Morgan fingerprint density at radius 2 is 2.08 bits per heavy atom. The third-order valence-corrected chi connectivity index (χ3v) is 1.86. The van der Waals surface area contributed by atoms with E-state index in [9.17, 15) is 8.78 Å². The fraction of sp³-hybridized carbons (Fsp3) is 0.222. The molecule has 1 aromatic rings. The van der Waals surface area contributed by atoms with Gasteiger partial charge >= 0.3 is 58.2 Å². The van der Waals surface area contributed by atoms with Crippen molar-refractivity contribution in [2.75, 3.05) is 0 Å². The van der Waals surface area contributed by atoms with Gasteiger partial charge in [-0.2, -0.15) is 11.0 Å². The standard InChI is InChI=1S/C9H7F2O.Rb/c10-7-4-3-6-2-1-5-12-9(6)8(7)11;/h3-5H,1-2H2;/q-1;+1. The molecule has 0 radical (unpaired) electrons. The Bertz CT molecular complexity index is 315. The van der Waals surface area contributed by atoms with Crippen molar-refractivity contribution in [3.8, 4) is 5.75 Å². The third-order valence-electron chi connectivity index (χ3n) is 1.86. The first-order valence-electron chi connectivity index (χ1n) is 3.74. The number of hydrogen-bond donors (Lipinski definition) is 0. The van der Waals surface area contributed by atoms with Gasteiger partial charge in [0.05, 0.1) is 0 Å². The summed E-state index contributed by atoms with van der Waals surface area (Å²) in [4.78, 5) is 0. The van der Waals surface area contributed by atoms with Crippen molar-refractivity contribution in [2.24, 2.45) is 0 Å². The maximum Gasteiger partial charge on any atom is 1.00 e. The average molecular weight is 255 g/mol. The molecule has 0 saturated carbocycles. The van der Waals surface area contributed by atoms with Crippen molar-refractivity contribution in [1.29, 1.82) is 0 Å². The molecule has 13 heavy (non-hydrogen) atoms. The first-order chi connectivity index (χ1) is 5.79. The second-order valence-corrected chi connectivity index (χ2v) is 2.67. The Kier molecular flexibility index (Phi) is 4.49. The van der Waals surface area contributed by atoms with E-state index in [1.165, 1.54) is 6.61 Å². The first kappa shape index (κ1) is 11.8. The fourth-order valence-electron chi connectivity index (χ4n) is 1.25. The van der Waals surface area contributed by atoms with E-state index in [4.69, 9.17) is 4.74 Å². The third kappa shape index (κ3) is 2.38. The van der Waals surface area contributed by atoms with Gasteiger partial charge in [-0.3, -0.25) is 0 Å². The van der Waals surface area contributed by atoms with Crippen LogP contribution in [0, 0.1) is 18.2 Å². The van der Waals surface area contributed by atoms with E-state index < -0.39 is 11.6 Å². The number of benzene rings is 1. The van der Waals surface area contributed by atoms with Gasteiger partial charge in [0, 0.05) is 0 Å². The minimum Gasteiger partial charge on any atom is -0.660 e. The van der Waals surface area contributed by atoms with Crippen LogP contribution in [0.1, 0.15) is 12.0 Å². The molecular weight excluding hydrogens is 248 g/mol. The van der Waals surface area contributed by atoms with Crippen molar-refractivity contribution in [1.82, 2.24) is 0 Å². The number of hydrogen-bond acceptors (Lipinski definition) is 1. The minimum atomic E-state index is -0.886. The van der Waals surface area contributed by atoms with Gasteiger partial charge in [0.15, 0.2) is 11.6 Å². The van der Waals surface area contributed by atoms with Crippen LogP contribution in [0.2, 0.25) is 0 Å². The smallest absolute Gasteiger partial charge is 0.660 e. The molecule has 1 heterocycles. The van der Waals surface area contributed by atoms with Gasteiger partial charge in [-0.25, -0.2) is 4.39 Å². The summed E-state index contributed by atoms with van der Waals surface area (Å²) < 4.78 is 30.5. The van der Waals surface area contributed by atoms with Crippen molar-refractivity contribution < 1.29 is 71.7 Å². The Hall–Kier alpha value is 0.685. The minimum absolute atomic E-state index is 0. The number of rotatable bonds is 0. The molecule has 0 N–H and O–H groups in total. The molecule has 0 spiro atoms. The van der Waals surface area contributed by atoms with Gasteiger partial charge in [0.1, 0.15) is 5.75 Å². The van der Waals surface area contributed by atoms with Crippen LogP contribution < -0.4 is 62.9 Å². The summed E-state index contributed by atoms with van der Waals surface area (Å²) in [7, 11) is 0. The number of fused-ring (bicyclic) bond motifs is 1. The normalized spacial score (nSPS) is 14.0. The topological polar surface area (TPSA) is 9.23 Å². The largest absolute Gasteiger partial charge is 1.00 e. The van der Waals surface area contributed by atoms with Crippen LogP contribution in [-0.2, 0) is 6.42 Å². The van der Waals surface area contributed by atoms with Crippen LogP contribution in [-0.4, -0.2) is 0 Å². The predicted octanol–water partition coefficient (Wildman–Crippen LogP) is -0.544. The average Bonchev–Trinajstić information content (AvgIpc) is 2.12. The first-order valence-corrected chi connectivity index (χ1v) is 3.74. The Balaban J connectivity index is 0.000000845. The number of ether oxygens (including phenoxy) is 1. The van der Waals surface area contributed by atoms with Crippen LogP contribution in [0.4, 0.5) is 8.78 Å². The molecule has 0 aliphatic carbocycles. The summed E-state index contributed by atoms with van der Waals surface area (Å²) in [6.45, 7) is 1.49. The molecule has 0 saturated heterocycles. The maximum atomic E-state index is 13.0. The second-order valence-electron chi connectivity index (χ2n) is 2.67. The Morgan fingerprint density at radius 3 is 2.85 bits per heavy atom. The summed E-state index contributed by atoms with van der Waals surface area (Å²) in [6, 6.07) is 2.68. The van der Waals surface area contributed by atoms with Gasteiger partial charge in [-0.05, 0) is 18.1 Å². The Labute approximate surface area is 124 Å². The molecule has 1 nitrogen and oxygen atoms in total. The summed E-state index contributed by atoms with van der Waals surface area (Å²) in [5, 5.41) is 0. The summed E-state index contributed by atoms with van der Waals surface area (Å²) >= 11 is 0. The van der Waals surface area contributed by atoms with Crippen LogP contribution in [0.25, 0.3) is 0 Å². The van der Waals surface area contributed by atoms with Crippen LogP contribution in [0.5, 0.6) is 5.75 Å². The van der Waals surface area contributed by atoms with Crippen LogP contribution in [0.3, 0.4) is 0 Å². The summed E-state index contributed by atoms with van der Waals surface area (Å²) in [6.07, 6.45) is 1.46. The molecule has 2 rings (SSSR count). The van der Waals surface area contributed by atoms with Crippen LogP contribution >= 0.6 is 0 Å². The molecule has 0 aromatic heterocycles. The molecule has 4 heteroatoms. The molecule has 0 bridgehead atoms. The van der Waals surface area contributed by atoms with Crippen molar-refractivity contribution in [3.63, 3.8) is 0 Å². The molecule has 1 aliphatic rings. The maximum absolute atomic E-state index is 13.0. The van der Waals surface area contributed by atoms with Gasteiger partial charge in [0.25, 0.3) is 0 Å². The quantitative estimate of drug-likeness (QED) is 0.565. The summed E-state index contributed by atoms with van der Waals surface area (Å²) in [5.41, 5.74) is 0.733. The molecule has 1 aliphatic heterocycles. The van der Waals surface area contributed by atoms with E-state index >= 15 is 0 Å². The van der Waals surface area contributed by atoms with E-state index in [0.717, 1.165) is 18.1 Å². The SMILES string of the molecule is Fc1ccc2c(c1F)O[CH-]CC2.[Rb+]. The van der Waals surface area contributed by atoms with E-state index in [1.807, 2.05) is 0 Å². The molecule has 0 atom stereocenters. The molecule has 0 amide bonds. The number of halogens is 2.